The molecule has 1 aliphatic rings. The minimum atomic E-state index is 0. The minimum absolute atomic E-state index is 0. The average Bonchev–Trinajstić information content (AvgIpc) is 3.10. The summed E-state index contributed by atoms with van der Waals surface area (Å²) in [5, 5.41) is 7.86. The topological polar surface area (TPSA) is 52.6 Å². The largest absolute Gasteiger partial charge is 0.357 e. The molecule has 0 aliphatic carbocycles. The Morgan fingerprint density at radius 1 is 1.45 bits per heavy atom. The van der Waals surface area contributed by atoms with Crippen LogP contribution in [-0.4, -0.2) is 48.1 Å². The van der Waals surface area contributed by atoms with Crippen molar-refractivity contribution >= 4 is 41.3 Å². The number of guanidine groups is 1. The minimum Gasteiger partial charge on any atom is -0.357 e. The highest BCUT2D eigenvalue weighted by Crippen LogP contribution is 2.15. The predicted octanol–water partition coefficient (Wildman–Crippen LogP) is 2.61. The molecule has 2 heterocycles. The maximum Gasteiger partial charge on any atom is 0.191 e. The molecule has 2 rings (SSSR count). The van der Waals surface area contributed by atoms with Gasteiger partial charge in [-0.3, -0.25) is 4.90 Å². The van der Waals surface area contributed by atoms with Crippen molar-refractivity contribution in [1.29, 1.82) is 0 Å². The summed E-state index contributed by atoms with van der Waals surface area (Å²) in [7, 11) is 0. The number of hydrogen-bond acceptors (Lipinski definition) is 4. The summed E-state index contributed by atoms with van der Waals surface area (Å²) >= 11 is 1.71. The van der Waals surface area contributed by atoms with E-state index in [0.29, 0.717) is 12.6 Å². The Kier molecular flexibility index (Phi) is 9.27. The smallest absolute Gasteiger partial charge is 0.191 e. The number of aryl methyl sites for hydroxylation is 1. The van der Waals surface area contributed by atoms with Crippen LogP contribution < -0.4 is 10.6 Å². The molecule has 22 heavy (non-hydrogen) atoms. The molecule has 1 unspecified atom stereocenters. The Bertz CT molecular complexity index is 463. The van der Waals surface area contributed by atoms with Crippen LogP contribution in [0.25, 0.3) is 0 Å². The van der Waals surface area contributed by atoms with E-state index < -0.39 is 0 Å². The van der Waals surface area contributed by atoms with Crippen molar-refractivity contribution in [3.63, 3.8) is 0 Å². The van der Waals surface area contributed by atoms with Crippen LogP contribution in [0.15, 0.2) is 11.2 Å². The Balaban J connectivity index is 0.00000242. The van der Waals surface area contributed by atoms with Gasteiger partial charge in [0.15, 0.2) is 5.96 Å². The van der Waals surface area contributed by atoms with Crippen LogP contribution in [0.3, 0.4) is 0 Å². The Morgan fingerprint density at radius 2 is 2.27 bits per heavy atom. The van der Waals surface area contributed by atoms with Gasteiger partial charge in [0.25, 0.3) is 0 Å². The van der Waals surface area contributed by atoms with E-state index in [1.807, 2.05) is 6.20 Å². The number of rotatable bonds is 6. The number of aliphatic imine (C=N–C) groups is 1. The van der Waals surface area contributed by atoms with E-state index in [0.717, 1.165) is 30.6 Å². The maximum absolute atomic E-state index is 4.63. The van der Waals surface area contributed by atoms with Gasteiger partial charge in [0.2, 0.25) is 0 Å². The highest BCUT2D eigenvalue weighted by molar-refractivity contribution is 14.0. The lowest BCUT2D eigenvalue weighted by atomic mass is 10.2. The van der Waals surface area contributed by atoms with Crippen LogP contribution in [0.4, 0.5) is 0 Å². The maximum atomic E-state index is 4.63. The van der Waals surface area contributed by atoms with Gasteiger partial charge in [-0.25, -0.2) is 9.98 Å². The second-order valence-corrected chi connectivity index (χ2v) is 6.68. The summed E-state index contributed by atoms with van der Waals surface area (Å²) in [6.45, 7) is 11.3. The monoisotopic (exact) mass is 437 g/mol. The second kappa shape index (κ2) is 10.4. The first-order valence-electron chi connectivity index (χ1n) is 7.90. The van der Waals surface area contributed by atoms with Gasteiger partial charge in [0.1, 0.15) is 5.01 Å². The van der Waals surface area contributed by atoms with Crippen molar-refractivity contribution in [3.05, 3.63) is 16.1 Å². The molecular weight excluding hydrogens is 409 g/mol. The van der Waals surface area contributed by atoms with Crippen LogP contribution in [0.2, 0.25) is 0 Å². The summed E-state index contributed by atoms with van der Waals surface area (Å²) in [5.74, 6) is 0.897. The highest BCUT2D eigenvalue weighted by atomic mass is 127. The fraction of sp³-hybridized carbons (Fsp3) is 0.733. The molecule has 1 aromatic rings. The number of thiazole rings is 1. The van der Waals surface area contributed by atoms with Crippen LogP contribution >= 0.6 is 35.3 Å². The van der Waals surface area contributed by atoms with Gasteiger partial charge in [0, 0.05) is 30.2 Å². The molecule has 0 spiro atoms. The molecule has 7 heteroatoms. The van der Waals surface area contributed by atoms with Gasteiger partial charge >= 0.3 is 0 Å². The Labute approximate surface area is 155 Å². The number of likely N-dealkylation sites (N-methyl/N-ethyl adjacent to an activating group) is 1. The molecule has 1 saturated heterocycles. The number of hydrogen-bond donors (Lipinski definition) is 2. The second-order valence-electron chi connectivity index (χ2n) is 5.37. The van der Waals surface area contributed by atoms with Gasteiger partial charge in [-0.1, -0.05) is 6.92 Å². The zero-order valence-electron chi connectivity index (χ0n) is 13.8. The van der Waals surface area contributed by atoms with E-state index in [1.165, 1.54) is 24.3 Å². The Hall–Kier alpha value is -0.410. The number of aromatic nitrogens is 1. The fourth-order valence-electron chi connectivity index (χ4n) is 2.72. The predicted molar refractivity (Wildman–Crippen MR) is 105 cm³/mol. The molecule has 1 aromatic heterocycles. The third kappa shape index (κ3) is 6.00. The molecule has 0 radical (unpaired) electrons. The van der Waals surface area contributed by atoms with Crippen molar-refractivity contribution in [2.45, 2.75) is 46.2 Å². The van der Waals surface area contributed by atoms with Gasteiger partial charge in [0.05, 0.1) is 6.54 Å². The van der Waals surface area contributed by atoms with E-state index in [1.54, 1.807) is 11.3 Å². The number of halogens is 1. The van der Waals surface area contributed by atoms with Crippen molar-refractivity contribution in [2.24, 2.45) is 4.99 Å². The first-order chi connectivity index (χ1) is 10.2. The first kappa shape index (κ1) is 19.6. The van der Waals surface area contributed by atoms with Gasteiger partial charge in [-0.15, -0.1) is 35.3 Å². The molecule has 0 saturated carbocycles. The van der Waals surface area contributed by atoms with Crippen LogP contribution in [0.5, 0.6) is 0 Å². The molecule has 1 fully saturated rings. The summed E-state index contributed by atoms with van der Waals surface area (Å²) in [6.07, 6.45) is 4.51. The average molecular weight is 437 g/mol. The zero-order valence-corrected chi connectivity index (χ0v) is 16.9. The number of nitrogens with one attached hydrogen (secondary N) is 2. The van der Waals surface area contributed by atoms with E-state index >= 15 is 0 Å². The fourth-order valence-corrected chi connectivity index (χ4v) is 3.43. The number of likely N-dealkylation sites (tertiary alicyclic amines) is 1. The zero-order chi connectivity index (χ0) is 15.1. The van der Waals surface area contributed by atoms with Crippen molar-refractivity contribution in [3.8, 4) is 0 Å². The quantitative estimate of drug-likeness (QED) is 0.408. The molecule has 0 amide bonds. The molecular formula is C15H28IN5S. The molecule has 5 nitrogen and oxygen atoms in total. The summed E-state index contributed by atoms with van der Waals surface area (Å²) in [5.41, 5.74) is 0. The van der Waals surface area contributed by atoms with E-state index in [4.69, 9.17) is 0 Å². The molecule has 1 aliphatic heterocycles. The van der Waals surface area contributed by atoms with Crippen LogP contribution in [0, 0.1) is 6.92 Å². The van der Waals surface area contributed by atoms with E-state index in [-0.39, 0.29) is 24.0 Å². The standard InChI is InChI=1S/C15H27N5S.HI/c1-4-16-15(19-11-14-17-9-12(3)21-14)18-10-13-7-6-8-20(13)5-2;/h9,13H,4-8,10-11H2,1-3H3,(H2,16,18,19);1H. The third-order valence-corrected chi connectivity index (χ3v) is 4.69. The van der Waals surface area contributed by atoms with Crippen molar-refractivity contribution < 1.29 is 0 Å². The van der Waals surface area contributed by atoms with Gasteiger partial charge < -0.3 is 10.6 Å². The van der Waals surface area contributed by atoms with E-state index in [2.05, 4.69) is 46.3 Å². The third-order valence-electron chi connectivity index (χ3n) is 3.80. The summed E-state index contributed by atoms with van der Waals surface area (Å²) < 4.78 is 0. The number of nitrogens with zero attached hydrogens (tertiary/aromatic N) is 3. The first-order valence-corrected chi connectivity index (χ1v) is 8.72. The van der Waals surface area contributed by atoms with E-state index in [9.17, 15) is 0 Å². The lowest BCUT2D eigenvalue weighted by Crippen LogP contribution is -2.44. The van der Waals surface area contributed by atoms with Gasteiger partial charge in [-0.05, 0) is 39.8 Å². The molecule has 1 atom stereocenters. The van der Waals surface area contributed by atoms with Crippen LogP contribution in [0.1, 0.15) is 36.6 Å². The summed E-state index contributed by atoms with van der Waals surface area (Å²) in [4.78, 5) is 12.8. The van der Waals surface area contributed by atoms with Gasteiger partial charge in [-0.2, -0.15) is 0 Å². The lowest BCUT2D eigenvalue weighted by Gasteiger charge is -2.23. The summed E-state index contributed by atoms with van der Waals surface area (Å²) in [6, 6.07) is 0.640. The van der Waals surface area contributed by atoms with Crippen molar-refractivity contribution in [2.75, 3.05) is 26.2 Å². The SMILES string of the molecule is CCNC(=NCc1ncc(C)s1)NCC1CCCN1CC.I. The van der Waals surface area contributed by atoms with Crippen molar-refractivity contribution in [1.82, 2.24) is 20.5 Å². The molecule has 0 bridgehead atoms. The normalized spacial score (nSPS) is 19.0. The molecule has 126 valence electrons. The molecule has 0 aromatic carbocycles. The van der Waals surface area contributed by atoms with Crippen LogP contribution in [-0.2, 0) is 6.54 Å². The Morgan fingerprint density at radius 3 is 2.91 bits per heavy atom. The highest BCUT2D eigenvalue weighted by Gasteiger charge is 2.22. The molecule has 2 N–H and O–H groups in total. The lowest BCUT2D eigenvalue weighted by molar-refractivity contribution is 0.267.